The minimum Gasteiger partial charge on any atom is -0.478 e. The molecule has 10 nitrogen and oxygen atoms in total. The summed E-state index contributed by atoms with van der Waals surface area (Å²) in [5.41, 5.74) is 3.10. The van der Waals surface area contributed by atoms with E-state index in [1.54, 1.807) is 42.6 Å². The molecule has 0 fully saturated rings. The lowest BCUT2D eigenvalue weighted by molar-refractivity contribution is -0.117. The van der Waals surface area contributed by atoms with Gasteiger partial charge in [0.1, 0.15) is 6.33 Å². The minimum absolute atomic E-state index is 0.200. The zero-order valence-electron chi connectivity index (χ0n) is 19.0. The number of pyridine rings is 1. The Hall–Kier alpha value is -4.57. The Morgan fingerprint density at radius 2 is 1.94 bits per heavy atom. The van der Waals surface area contributed by atoms with Crippen LogP contribution in [-0.4, -0.2) is 54.8 Å². The van der Waals surface area contributed by atoms with Gasteiger partial charge in [-0.3, -0.25) is 9.78 Å². The van der Waals surface area contributed by atoms with Crippen LogP contribution >= 0.6 is 11.6 Å². The average Bonchev–Trinajstić information content (AvgIpc) is 3.42. The van der Waals surface area contributed by atoms with Gasteiger partial charge in [0, 0.05) is 47.2 Å². The molecule has 1 amide bonds. The van der Waals surface area contributed by atoms with Crippen LogP contribution in [0.5, 0.6) is 0 Å². The summed E-state index contributed by atoms with van der Waals surface area (Å²) >= 11 is 6.15. The quantitative estimate of drug-likeness (QED) is 0.281. The summed E-state index contributed by atoms with van der Waals surface area (Å²) in [6.45, 7) is 0.398. The number of carboxylic acids is 1. The Labute approximate surface area is 211 Å². The summed E-state index contributed by atoms with van der Waals surface area (Å²) in [5.74, 6) is -1.29. The molecular weight excluding hydrogens is 482 g/mol. The molecule has 4 aromatic rings. The van der Waals surface area contributed by atoms with Gasteiger partial charge in [-0.15, -0.1) is 5.10 Å². The molecule has 0 aliphatic rings. The molecule has 0 radical (unpaired) electrons. The first-order chi connectivity index (χ1) is 17.5. The lowest BCUT2D eigenvalue weighted by Gasteiger charge is -2.19. The Bertz CT molecular complexity index is 1340. The van der Waals surface area contributed by atoms with Crippen LogP contribution in [0.1, 0.15) is 21.6 Å². The van der Waals surface area contributed by atoms with Crippen molar-refractivity contribution >= 4 is 35.2 Å². The van der Waals surface area contributed by atoms with E-state index in [1.807, 2.05) is 18.2 Å². The maximum atomic E-state index is 12.8. The molecule has 1 unspecified atom stereocenters. The molecule has 4 rings (SSSR count). The Morgan fingerprint density at radius 1 is 1.11 bits per heavy atom. The van der Waals surface area contributed by atoms with Gasteiger partial charge in [0.2, 0.25) is 5.91 Å². The molecule has 2 heterocycles. The van der Waals surface area contributed by atoms with Gasteiger partial charge in [-0.2, -0.15) is 4.68 Å². The Morgan fingerprint density at radius 3 is 2.64 bits per heavy atom. The summed E-state index contributed by atoms with van der Waals surface area (Å²) in [6, 6.07) is 16.9. The highest BCUT2D eigenvalue weighted by Crippen LogP contribution is 2.20. The number of carbonyl (C=O) groups excluding carboxylic acids is 1. The second-order valence-electron chi connectivity index (χ2n) is 7.78. The summed E-state index contributed by atoms with van der Waals surface area (Å²) in [5, 5.41) is 27.0. The highest BCUT2D eigenvalue weighted by molar-refractivity contribution is 6.30. The van der Waals surface area contributed by atoms with Crippen molar-refractivity contribution in [3.05, 3.63) is 101 Å². The van der Waals surface area contributed by atoms with Crippen LogP contribution in [0.2, 0.25) is 5.02 Å². The second-order valence-corrected chi connectivity index (χ2v) is 8.22. The first kappa shape index (κ1) is 24.6. The number of benzene rings is 2. The molecule has 3 N–H and O–H groups in total. The van der Waals surface area contributed by atoms with Crippen molar-refractivity contribution in [3.63, 3.8) is 0 Å². The van der Waals surface area contributed by atoms with E-state index in [2.05, 4.69) is 31.1 Å². The molecule has 182 valence electrons. The van der Waals surface area contributed by atoms with Gasteiger partial charge in [0.15, 0.2) is 0 Å². The minimum atomic E-state index is -0.989. The number of carboxylic acid groups (broad SMARTS) is 1. The third kappa shape index (κ3) is 6.73. The lowest BCUT2D eigenvalue weighted by Crippen LogP contribution is -2.40. The standard InChI is InChI=1S/C25H22ClN7O3/c26-19-7-10-23(33-16-29-31-32-33)18(13-19)6-11-24(34)30-22(14-21-3-1-2-12-27-21)15-28-20-8-4-17(5-9-20)25(35)36/h1-13,16,22,28H,14-15H2,(H,30,34)(H,35,36)/b11-6+. The van der Waals surface area contributed by atoms with Crippen molar-refractivity contribution in [1.82, 2.24) is 30.5 Å². The normalized spacial score (nSPS) is 11.8. The van der Waals surface area contributed by atoms with Crippen molar-refractivity contribution in [1.29, 1.82) is 0 Å². The number of halogens is 1. The monoisotopic (exact) mass is 503 g/mol. The molecule has 0 aliphatic heterocycles. The number of hydrogen-bond donors (Lipinski definition) is 3. The average molecular weight is 504 g/mol. The van der Waals surface area contributed by atoms with Gasteiger partial charge in [-0.25, -0.2) is 4.79 Å². The van der Waals surface area contributed by atoms with E-state index in [0.29, 0.717) is 29.2 Å². The largest absolute Gasteiger partial charge is 0.478 e. The highest BCUT2D eigenvalue weighted by atomic mass is 35.5. The zero-order valence-corrected chi connectivity index (χ0v) is 19.7. The van der Waals surface area contributed by atoms with Crippen LogP contribution < -0.4 is 10.6 Å². The van der Waals surface area contributed by atoms with Gasteiger partial charge in [-0.05, 0) is 71.1 Å². The fourth-order valence-corrected chi connectivity index (χ4v) is 3.65. The van der Waals surface area contributed by atoms with Crippen LogP contribution in [0, 0.1) is 0 Å². The lowest BCUT2D eigenvalue weighted by atomic mass is 10.1. The molecule has 0 spiro atoms. The molecule has 0 bridgehead atoms. The summed E-state index contributed by atoms with van der Waals surface area (Å²) in [7, 11) is 0. The number of aromatic nitrogens is 5. The molecule has 0 saturated carbocycles. The highest BCUT2D eigenvalue weighted by Gasteiger charge is 2.14. The predicted molar refractivity (Wildman–Crippen MR) is 135 cm³/mol. The fourth-order valence-electron chi connectivity index (χ4n) is 3.47. The fraction of sp³-hybridized carbons (Fsp3) is 0.120. The molecule has 2 aromatic heterocycles. The number of nitrogens with zero attached hydrogens (tertiary/aromatic N) is 5. The number of anilines is 1. The predicted octanol–water partition coefficient (Wildman–Crippen LogP) is 3.26. The van der Waals surface area contributed by atoms with Crippen LogP contribution in [0.25, 0.3) is 11.8 Å². The van der Waals surface area contributed by atoms with Gasteiger partial charge >= 0.3 is 5.97 Å². The third-order valence-corrected chi connectivity index (χ3v) is 5.45. The zero-order chi connectivity index (χ0) is 25.3. The number of nitrogens with one attached hydrogen (secondary N) is 2. The Kier molecular flexibility index (Phi) is 7.99. The second kappa shape index (κ2) is 11.7. The van der Waals surface area contributed by atoms with E-state index in [4.69, 9.17) is 16.7 Å². The first-order valence-electron chi connectivity index (χ1n) is 11.0. The van der Waals surface area contributed by atoms with Crippen molar-refractivity contribution in [2.45, 2.75) is 12.5 Å². The number of aromatic carboxylic acids is 1. The SMILES string of the molecule is O=C(/C=C/c1cc(Cl)ccc1-n1cnnn1)NC(CNc1ccc(C(=O)O)cc1)Cc1ccccn1. The van der Waals surface area contributed by atoms with E-state index < -0.39 is 5.97 Å². The van der Waals surface area contributed by atoms with Crippen LogP contribution in [0.15, 0.2) is 79.3 Å². The van der Waals surface area contributed by atoms with Crippen LogP contribution in [0.3, 0.4) is 0 Å². The van der Waals surface area contributed by atoms with Crippen molar-refractivity contribution in [3.8, 4) is 5.69 Å². The van der Waals surface area contributed by atoms with Gasteiger partial charge in [-0.1, -0.05) is 17.7 Å². The third-order valence-electron chi connectivity index (χ3n) is 5.21. The smallest absolute Gasteiger partial charge is 0.335 e. The first-order valence-corrected chi connectivity index (χ1v) is 11.3. The summed E-state index contributed by atoms with van der Waals surface area (Å²) < 4.78 is 1.48. The number of hydrogen-bond acceptors (Lipinski definition) is 7. The van der Waals surface area contributed by atoms with E-state index in [-0.39, 0.29) is 17.5 Å². The summed E-state index contributed by atoms with van der Waals surface area (Å²) in [6.07, 6.45) is 6.72. The van der Waals surface area contributed by atoms with Crippen LogP contribution in [0.4, 0.5) is 5.69 Å². The van der Waals surface area contributed by atoms with E-state index >= 15 is 0 Å². The number of carbonyl (C=O) groups is 2. The molecule has 0 aliphatic carbocycles. The maximum absolute atomic E-state index is 12.8. The number of amides is 1. The van der Waals surface area contributed by atoms with Gasteiger partial charge < -0.3 is 15.7 Å². The molecule has 11 heteroatoms. The molecule has 2 aromatic carbocycles. The van der Waals surface area contributed by atoms with Gasteiger partial charge in [0.25, 0.3) is 0 Å². The summed E-state index contributed by atoms with van der Waals surface area (Å²) in [4.78, 5) is 28.3. The van der Waals surface area contributed by atoms with Crippen molar-refractivity contribution in [2.75, 3.05) is 11.9 Å². The topological polar surface area (TPSA) is 135 Å². The van der Waals surface area contributed by atoms with E-state index in [1.165, 1.54) is 29.2 Å². The molecular formula is C25H22ClN7O3. The van der Waals surface area contributed by atoms with Gasteiger partial charge in [0.05, 0.1) is 17.3 Å². The molecule has 0 saturated heterocycles. The van der Waals surface area contributed by atoms with Crippen LogP contribution in [-0.2, 0) is 11.2 Å². The molecule has 36 heavy (non-hydrogen) atoms. The van der Waals surface area contributed by atoms with Crippen molar-refractivity contribution < 1.29 is 14.7 Å². The Balaban J connectivity index is 1.46. The number of rotatable bonds is 10. The molecule has 1 atom stereocenters. The van der Waals surface area contributed by atoms with E-state index in [0.717, 1.165) is 11.4 Å². The number of tetrazole rings is 1. The van der Waals surface area contributed by atoms with Crippen molar-refractivity contribution in [2.24, 2.45) is 0 Å². The van der Waals surface area contributed by atoms with E-state index in [9.17, 15) is 9.59 Å². The maximum Gasteiger partial charge on any atom is 0.335 e.